The molecular formula is C25H24N4O3. The van der Waals surface area contributed by atoms with E-state index in [1.807, 2.05) is 30.0 Å². The summed E-state index contributed by atoms with van der Waals surface area (Å²) in [6.07, 6.45) is 4.67. The molecule has 0 fully saturated rings. The smallest absolute Gasteiger partial charge is 0.294 e. The van der Waals surface area contributed by atoms with Gasteiger partial charge in [0.05, 0.1) is 5.71 Å². The van der Waals surface area contributed by atoms with E-state index in [1.165, 1.54) is 5.56 Å². The number of benzene rings is 1. The van der Waals surface area contributed by atoms with E-state index in [0.717, 1.165) is 47.5 Å². The summed E-state index contributed by atoms with van der Waals surface area (Å²) >= 11 is 0. The van der Waals surface area contributed by atoms with Gasteiger partial charge < -0.3 is 9.32 Å². The summed E-state index contributed by atoms with van der Waals surface area (Å²) in [5.41, 5.74) is 7.34. The second kappa shape index (κ2) is 8.07. The number of rotatable bonds is 3. The van der Waals surface area contributed by atoms with E-state index >= 15 is 0 Å². The van der Waals surface area contributed by atoms with Gasteiger partial charge in [0.2, 0.25) is 0 Å². The van der Waals surface area contributed by atoms with Gasteiger partial charge in [-0.2, -0.15) is 5.10 Å². The summed E-state index contributed by atoms with van der Waals surface area (Å²) in [6.45, 7) is 3.94. The standard InChI is InChI=1S/C25H24N4O3/c1-15-14-17-8-3-4-11-20(17)29(15)25(31)23-16(2)22-18(10-7-12-21(22)32-23)27-28-24(30)19-9-5-6-13-26-19/h3-6,8-9,11,13,15H,7,10,12,14H2,1-2H3,(H,28,30)/b27-18+. The summed E-state index contributed by atoms with van der Waals surface area (Å²) in [6, 6.07) is 13.2. The number of aryl methyl sites for hydroxylation is 1. The van der Waals surface area contributed by atoms with Crippen molar-refractivity contribution < 1.29 is 14.0 Å². The Bertz CT molecular complexity index is 1230. The minimum Gasteiger partial charge on any atom is -0.455 e. The molecule has 1 atom stereocenters. The van der Waals surface area contributed by atoms with Crippen LogP contribution in [0.5, 0.6) is 0 Å². The SMILES string of the molecule is Cc1c(C(=O)N2c3ccccc3CC2C)oc2c1/C(=N/NC(=O)c1ccccn1)CCC2. The lowest BCUT2D eigenvalue weighted by atomic mass is 9.93. The number of hydrogen-bond donors (Lipinski definition) is 1. The van der Waals surface area contributed by atoms with Crippen molar-refractivity contribution in [3.8, 4) is 0 Å². The van der Waals surface area contributed by atoms with Gasteiger partial charge in [-0.3, -0.25) is 14.6 Å². The van der Waals surface area contributed by atoms with Crippen LogP contribution >= 0.6 is 0 Å². The van der Waals surface area contributed by atoms with E-state index in [4.69, 9.17) is 4.42 Å². The largest absolute Gasteiger partial charge is 0.455 e. The number of nitrogens with one attached hydrogen (secondary N) is 1. The molecule has 1 aliphatic heterocycles. The normalized spacial score (nSPS) is 18.4. The van der Waals surface area contributed by atoms with Crippen molar-refractivity contribution in [2.75, 3.05) is 4.90 Å². The van der Waals surface area contributed by atoms with E-state index < -0.39 is 0 Å². The minimum atomic E-state index is -0.370. The fraction of sp³-hybridized carbons (Fsp3) is 0.280. The maximum Gasteiger partial charge on any atom is 0.294 e. The van der Waals surface area contributed by atoms with Crippen LogP contribution in [0.3, 0.4) is 0 Å². The maximum atomic E-state index is 13.5. The molecule has 0 radical (unpaired) electrons. The van der Waals surface area contributed by atoms with E-state index in [1.54, 1.807) is 24.4 Å². The van der Waals surface area contributed by atoms with Gasteiger partial charge in [0.15, 0.2) is 5.76 Å². The number of carbonyl (C=O) groups excluding carboxylic acids is 2. The number of furan rings is 1. The highest BCUT2D eigenvalue weighted by molar-refractivity contribution is 6.11. The Kier molecular flexibility index (Phi) is 5.09. The molecule has 2 amide bonds. The number of hydrogen-bond acceptors (Lipinski definition) is 5. The lowest BCUT2D eigenvalue weighted by Crippen LogP contribution is -2.35. The Morgan fingerprint density at radius 1 is 1.16 bits per heavy atom. The Balaban J connectivity index is 1.45. The van der Waals surface area contributed by atoms with Crippen LogP contribution in [0.4, 0.5) is 5.69 Å². The molecule has 162 valence electrons. The molecule has 2 aliphatic rings. The molecule has 1 unspecified atom stereocenters. The number of hydrazone groups is 1. The molecule has 32 heavy (non-hydrogen) atoms. The molecule has 0 saturated heterocycles. The predicted molar refractivity (Wildman–Crippen MR) is 121 cm³/mol. The molecule has 1 aromatic carbocycles. The molecule has 5 rings (SSSR count). The molecule has 0 spiro atoms. The van der Waals surface area contributed by atoms with Gasteiger partial charge in [-0.15, -0.1) is 0 Å². The van der Waals surface area contributed by atoms with Crippen molar-refractivity contribution in [3.63, 3.8) is 0 Å². The fourth-order valence-corrected chi connectivity index (χ4v) is 4.64. The second-order valence-electron chi connectivity index (χ2n) is 8.28. The van der Waals surface area contributed by atoms with Crippen molar-refractivity contribution in [3.05, 3.63) is 82.6 Å². The average molecular weight is 428 g/mol. The number of para-hydroxylation sites is 1. The summed E-state index contributed by atoms with van der Waals surface area (Å²) in [4.78, 5) is 31.8. The van der Waals surface area contributed by atoms with Gasteiger partial charge in [-0.05, 0) is 56.9 Å². The number of amides is 2. The third kappa shape index (κ3) is 3.39. The molecule has 1 aliphatic carbocycles. The Labute approximate surface area is 186 Å². The van der Waals surface area contributed by atoms with Crippen LogP contribution in [0, 0.1) is 6.92 Å². The zero-order chi connectivity index (χ0) is 22.2. The lowest BCUT2D eigenvalue weighted by molar-refractivity contribution is 0.0943. The Morgan fingerprint density at radius 2 is 1.97 bits per heavy atom. The molecule has 7 heteroatoms. The van der Waals surface area contributed by atoms with Crippen molar-refractivity contribution in [1.29, 1.82) is 0 Å². The van der Waals surface area contributed by atoms with Crippen LogP contribution in [0.15, 0.2) is 58.2 Å². The lowest BCUT2D eigenvalue weighted by Gasteiger charge is -2.21. The topological polar surface area (TPSA) is 87.8 Å². The first-order chi connectivity index (χ1) is 15.5. The third-order valence-electron chi connectivity index (χ3n) is 6.14. The van der Waals surface area contributed by atoms with Gasteiger partial charge in [0.1, 0.15) is 11.5 Å². The first-order valence-electron chi connectivity index (χ1n) is 10.9. The predicted octanol–water partition coefficient (Wildman–Crippen LogP) is 4.04. The van der Waals surface area contributed by atoms with Crippen molar-refractivity contribution in [1.82, 2.24) is 10.4 Å². The Hall–Kier alpha value is -3.74. The van der Waals surface area contributed by atoms with Gasteiger partial charge in [-0.25, -0.2) is 5.43 Å². The van der Waals surface area contributed by atoms with Gasteiger partial charge >= 0.3 is 0 Å². The molecular weight excluding hydrogens is 404 g/mol. The highest BCUT2D eigenvalue weighted by atomic mass is 16.4. The molecule has 7 nitrogen and oxygen atoms in total. The zero-order valence-corrected chi connectivity index (χ0v) is 18.1. The van der Waals surface area contributed by atoms with Crippen LogP contribution < -0.4 is 10.3 Å². The van der Waals surface area contributed by atoms with E-state index in [-0.39, 0.29) is 17.9 Å². The van der Waals surface area contributed by atoms with Crippen molar-refractivity contribution >= 4 is 23.2 Å². The highest BCUT2D eigenvalue weighted by Gasteiger charge is 2.36. The van der Waals surface area contributed by atoms with Crippen LogP contribution in [0.1, 0.15) is 63.3 Å². The summed E-state index contributed by atoms with van der Waals surface area (Å²) in [5.74, 6) is 0.601. The Morgan fingerprint density at radius 3 is 2.78 bits per heavy atom. The first-order valence-corrected chi connectivity index (χ1v) is 10.9. The van der Waals surface area contributed by atoms with Crippen molar-refractivity contribution in [2.24, 2.45) is 5.10 Å². The molecule has 3 heterocycles. The summed E-state index contributed by atoms with van der Waals surface area (Å²) < 4.78 is 6.10. The number of fused-ring (bicyclic) bond motifs is 2. The number of aromatic nitrogens is 1. The van der Waals surface area contributed by atoms with Crippen molar-refractivity contribution in [2.45, 2.75) is 45.6 Å². The van der Waals surface area contributed by atoms with E-state index in [9.17, 15) is 9.59 Å². The molecule has 0 bridgehead atoms. The summed E-state index contributed by atoms with van der Waals surface area (Å²) in [7, 11) is 0. The van der Waals surface area contributed by atoms with Crippen LogP contribution in [-0.2, 0) is 12.8 Å². The number of pyridine rings is 1. The third-order valence-corrected chi connectivity index (χ3v) is 6.14. The van der Waals surface area contributed by atoms with Crippen LogP contribution in [0.2, 0.25) is 0 Å². The second-order valence-corrected chi connectivity index (χ2v) is 8.28. The molecule has 2 aromatic heterocycles. The number of anilines is 1. The quantitative estimate of drug-likeness (QED) is 0.638. The van der Waals surface area contributed by atoms with E-state index in [2.05, 4.69) is 28.5 Å². The number of carbonyl (C=O) groups is 2. The molecule has 0 saturated carbocycles. The van der Waals surface area contributed by atoms with Crippen LogP contribution in [-0.4, -0.2) is 28.6 Å². The maximum absolute atomic E-state index is 13.5. The van der Waals surface area contributed by atoms with Gasteiger partial charge in [-0.1, -0.05) is 24.3 Å². The summed E-state index contributed by atoms with van der Waals surface area (Å²) in [5, 5.41) is 4.37. The van der Waals surface area contributed by atoms with Crippen LogP contribution in [0.25, 0.3) is 0 Å². The fourth-order valence-electron chi connectivity index (χ4n) is 4.64. The zero-order valence-electron chi connectivity index (χ0n) is 18.1. The van der Waals surface area contributed by atoms with Gasteiger partial charge in [0, 0.05) is 35.5 Å². The minimum absolute atomic E-state index is 0.0622. The monoisotopic (exact) mass is 428 g/mol. The average Bonchev–Trinajstić information content (AvgIpc) is 3.34. The van der Waals surface area contributed by atoms with Gasteiger partial charge in [0.25, 0.3) is 11.8 Å². The number of nitrogens with zero attached hydrogens (tertiary/aromatic N) is 3. The first kappa shape index (κ1) is 20.2. The molecule has 1 N–H and O–H groups in total. The molecule has 3 aromatic rings. The van der Waals surface area contributed by atoms with E-state index in [0.29, 0.717) is 17.9 Å². The highest BCUT2D eigenvalue weighted by Crippen LogP contribution is 2.36.